The standard InChI is InChI=1S/C20H12F5N5O5/c1-33-14-4-2-3-11(15(14)22)28-18-26-8-10(21)16(29-18)27-9-5-6-13-12(7-9)30(19(32)34-13)35-17(31)20(23,24)25/h2-8H,1H3,(H2,26,27,28,29). The number of hydrogen-bond donors (Lipinski definition) is 2. The number of halogens is 5. The second-order valence-electron chi connectivity index (χ2n) is 6.68. The fraction of sp³-hybridized carbons (Fsp3) is 0.100. The second kappa shape index (κ2) is 8.92. The van der Waals surface area contributed by atoms with Gasteiger partial charge in [0.25, 0.3) is 0 Å². The molecule has 15 heteroatoms. The van der Waals surface area contributed by atoms with Gasteiger partial charge in [0.1, 0.15) is 5.52 Å². The molecule has 2 heterocycles. The third-order valence-corrected chi connectivity index (χ3v) is 4.38. The highest BCUT2D eigenvalue weighted by Gasteiger charge is 2.42. The van der Waals surface area contributed by atoms with Crippen LogP contribution in [0.1, 0.15) is 0 Å². The summed E-state index contributed by atoms with van der Waals surface area (Å²) in [6, 6.07) is 7.76. The first-order valence-electron chi connectivity index (χ1n) is 9.41. The van der Waals surface area contributed by atoms with Crippen molar-refractivity contribution in [2.45, 2.75) is 6.18 Å². The minimum Gasteiger partial charge on any atom is -0.494 e. The monoisotopic (exact) mass is 497 g/mol. The molecule has 0 radical (unpaired) electrons. The van der Waals surface area contributed by atoms with Crippen LogP contribution >= 0.6 is 0 Å². The Bertz CT molecular complexity index is 1480. The largest absolute Gasteiger partial charge is 0.494 e. The molecule has 10 nitrogen and oxygen atoms in total. The predicted molar refractivity (Wildman–Crippen MR) is 110 cm³/mol. The summed E-state index contributed by atoms with van der Waals surface area (Å²) in [6.45, 7) is 0. The first-order valence-corrected chi connectivity index (χ1v) is 9.41. The zero-order valence-corrected chi connectivity index (χ0v) is 17.3. The number of oxazole rings is 1. The van der Waals surface area contributed by atoms with Gasteiger partial charge >= 0.3 is 17.9 Å². The summed E-state index contributed by atoms with van der Waals surface area (Å²) in [4.78, 5) is 34.7. The van der Waals surface area contributed by atoms with E-state index in [2.05, 4.69) is 25.4 Å². The Labute approximate surface area is 190 Å². The summed E-state index contributed by atoms with van der Waals surface area (Å²) in [5.74, 6) is -6.39. The highest BCUT2D eigenvalue weighted by atomic mass is 19.4. The minimum atomic E-state index is -5.37. The van der Waals surface area contributed by atoms with E-state index in [1.54, 1.807) is 0 Å². The average Bonchev–Trinajstić information content (AvgIpc) is 3.11. The van der Waals surface area contributed by atoms with Crippen LogP contribution in [-0.2, 0) is 4.79 Å². The van der Waals surface area contributed by atoms with Crippen LogP contribution in [0.5, 0.6) is 5.75 Å². The Hall–Kier alpha value is -4.69. The molecular formula is C20H12F5N5O5. The maximum atomic E-state index is 14.4. The van der Waals surface area contributed by atoms with Gasteiger partial charge in [0.15, 0.2) is 28.8 Å². The van der Waals surface area contributed by atoms with Gasteiger partial charge in [0, 0.05) is 5.69 Å². The van der Waals surface area contributed by atoms with Crippen LogP contribution in [0.25, 0.3) is 11.1 Å². The van der Waals surface area contributed by atoms with Gasteiger partial charge in [-0.15, -0.1) is 0 Å². The van der Waals surface area contributed by atoms with E-state index in [4.69, 9.17) is 9.15 Å². The number of carbonyl (C=O) groups excluding carboxylic acids is 1. The Morgan fingerprint density at radius 3 is 2.63 bits per heavy atom. The lowest BCUT2D eigenvalue weighted by molar-refractivity contribution is -0.200. The molecule has 0 unspecified atom stereocenters. The molecule has 0 aliphatic heterocycles. The van der Waals surface area contributed by atoms with E-state index in [0.717, 1.165) is 12.3 Å². The molecule has 4 aromatic rings. The Balaban J connectivity index is 1.63. The molecule has 35 heavy (non-hydrogen) atoms. The van der Waals surface area contributed by atoms with Crippen molar-refractivity contribution in [1.82, 2.24) is 14.7 Å². The van der Waals surface area contributed by atoms with Crippen LogP contribution in [0.2, 0.25) is 0 Å². The van der Waals surface area contributed by atoms with Gasteiger partial charge < -0.3 is 24.6 Å². The summed E-state index contributed by atoms with van der Waals surface area (Å²) >= 11 is 0. The van der Waals surface area contributed by atoms with Crippen LogP contribution < -0.4 is 26.0 Å². The molecule has 0 bridgehead atoms. The molecule has 0 atom stereocenters. The number of aromatic nitrogens is 3. The second-order valence-corrected chi connectivity index (χ2v) is 6.68. The molecule has 2 aromatic carbocycles. The van der Waals surface area contributed by atoms with Crippen molar-refractivity contribution >= 4 is 40.2 Å². The number of nitrogens with one attached hydrogen (secondary N) is 2. The van der Waals surface area contributed by atoms with Crippen LogP contribution in [0.15, 0.2) is 51.8 Å². The lowest BCUT2D eigenvalue weighted by atomic mass is 10.3. The van der Waals surface area contributed by atoms with Crippen molar-refractivity contribution in [3.05, 3.63) is 64.8 Å². The number of alkyl halides is 3. The number of rotatable bonds is 6. The van der Waals surface area contributed by atoms with E-state index in [1.807, 2.05) is 0 Å². The fourth-order valence-electron chi connectivity index (χ4n) is 2.83. The van der Waals surface area contributed by atoms with Gasteiger partial charge in [-0.1, -0.05) is 10.8 Å². The molecule has 0 spiro atoms. The van der Waals surface area contributed by atoms with Gasteiger partial charge in [-0.25, -0.2) is 23.4 Å². The van der Waals surface area contributed by atoms with Gasteiger partial charge in [-0.3, -0.25) is 0 Å². The smallest absolute Gasteiger partial charge is 0.493 e. The van der Waals surface area contributed by atoms with Crippen molar-refractivity contribution in [3.8, 4) is 5.75 Å². The van der Waals surface area contributed by atoms with E-state index in [1.165, 1.54) is 37.4 Å². The molecule has 0 aliphatic rings. The van der Waals surface area contributed by atoms with Crippen LogP contribution in [0.4, 0.5) is 45.1 Å². The normalized spacial score (nSPS) is 11.4. The number of hydrogen-bond acceptors (Lipinski definition) is 9. The van der Waals surface area contributed by atoms with E-state index in [0.29, 0.717) is 0 Å². The van der Waals surface area contributed by atoms with E-state index < -0.39 is 35.4 Å². The topological polar surface area (TPSA) is 121 Å². The molecule has 0 saturated heterocycles. The maximum Gasteiger partial charge on any atom is 0.493 e. The third-order valence-electron chi connectivity index (χ3n) is 4.38. The van der Waals surface area contributed by atoms with Crippen molar-refractivity contribution in [3.63, 3.8) is 0 Å². The number of fused-ring (bicyclic) bond motifs is 1. The number of benzene rings is 2. The van der Waals surface area contributed by atoms with Crippen LogP contribution in [0, 0.1) is 11.6 Å². The number of anilines is 4. The predicted octanol–water partition coefficient (Wildman–Crippen LogP) is 3.68. The van der Waals surface area contributed by atoms with Crippen molar-refractivity contribution < 1.29 is 40.7 Å². The molecule has 2 aromatic heterocycles. The molecular weight excluding hydrogens is 485 g/mol. The van der Waals surface area contributed by atoms with Gasteiger partial charge in [-0.05, 0) is 30.3 Å². The Morgan fingerprint density at radius 1 is 1.14 bits per heavy atom. The van der Waals surface area contributed by atoms with Crippen molar-refractivity contribution in [2.24, 2.45) is 0 Å². The van der Waals surface area contributed by atoms with Gasteiger partial charge in [0.05, 0.1) is 19.0 Å². The molecule has 0 fully saturated rings. The van der Waals surface area contributed by atoms with Crippen LogP contribution in [0.3, 0.4) is 0 Å². The lowest BCUT2D eigenvalue weighted by Crippen LogP contribution is -2.36. The summed E-state index contributed by atoms with van der Waals surface area (Å²) in [5.41, 5.74) is -0.609. The van der Waals surface area contributed by atoms with Gasteiger partial charge in [0.2, 0.25) is 5.95 Å². The summed E-state index contributed by atoms with van der Waals surface area (Å²) in [6.07, 6.45) is -4.58. The highest BCUT2D eigenvalue weighted by molar-refractivity contribution is 5.81. The summed E-state index contributed by atoms with van der Waals surface area (Å²) in [5, 5.41) is 5.11. The zero-order valence-electron chi connectivity index (χ0n) is 17.3. The molecule has 0 aliphatic carbocycles. The fourth-order valence-corrected chi connectivity index (χ4v) is 2.83. The summed E-state index contributed by atoms with van der Waals surface area (Å²) in [7, 11) is 1.28. The molecule has 2 N–H and O–H groups in total. The van der Waals surface area contributed by atoms with E-state index in [-0.39, 0.29) is 38.9 Å². The van der Waals surface area contributed by atoms with Crippen LogP contribution in [-0.4, -0.2) is 34.0 Å². The highest BCUT2D eigenvalue weighted by Crippen LogP contribution is 2.27. The third kappa shape index (κ3) is 4.83. The SMILES string of the molecule is COc1cccc(Nc2ncc(F)c(Nc3ccc4oc(=O)n(OC(=O)C(F)(F)F)c4c3)n2)c1F. The number of methoxy groups -OCH3 is 1. The number of carbonyl (C=O) groups is 1. The molecule has 4 rings (SSSR count). The number of nitrogens with zero attached hydrogens (tertiary/aromatic N) is 3. The molecule has 0 amide bonds. The number of ether oxygens (including phenoxy) is 1. The Kier molecular flexibility index (Phi) is 5.98. The molecule has 182 valence electrons. The summed E-state index contributed by atoms with van der Waals surface area (Å²) < 4.78 is 75.9. The van der Waals surface area contributed by atoms with Gasteiger partial charge in [-0.2, -0.15) is 18.2 Å². The Morgan fingerprint density at radius 2 is 1.91 bits per heavy atom. The lowest BCUT2D eigenvalue weighted by Gasteiger charge is -2.11. The van der Waals surface area contributed by atoms with E-state index >= 15 is 0 Å². The zero-order chi connectivity index (χ0) is 25.3. The minimum absolute atomic E-state index is 0.00518. The van der Waals surface area contributed by atoms with Crippen molar-refractivity contribution in [2.75, 3.05) is 17.7 Å². The van der Waals surface area contributed by atoms with E-state index in [9.17, 15) is 31.5 Å². The molecule has 0 saturated carbocycles. The quantitative estimate of drug-likeness (QED) is 0.385. The average molecular weight is 497 g/mol. The van der Waals surface area contributed by atoms with Crippen molar-refractivity contribution in [1.29, 1.82) is 0 Å². The first kappa shape index (κ1) is 23.5. The maximum absolute atomic E-state index is 14.4. The first-order chi connectivity index (χ1) is 16.6.